The number of carboxylic acid groups (broad SMARTS) is 1. The number of ether oxygens (including phenoxy) is 1. The molecule has 0 spiro atoms. The maximum Gasteiger partial charge on any atom is 0.337 e. The Balaban J connectivity index is 2.63. The van der Waals surface area contributed by atoms with Gasteiger partial charge in [0.05, 0.1) is 18.2 Å². The summed E-state index contributed by atoms with van der Waals surface area (Å²) in [4.78, 5) is 22.3. The smallest absolute Gasteiger partial charge is 0.337 e. The molecular formula is C15H10F2O4. The van der Waals surface area contributed by atoms with E-state index in [2.05, 4.69) is 4.74 Å². The molecule has 2 aromatic rings. The number of carboxylic acids is 1. The summed E-state index contributed by atoms with van der Waals surface area (Å²) in [6, 6.07) is 6.33. The first-order chi connectivity index (χ1) is 9.93. The van der Waals surface area contributed by atoms with Gasteiger partial charge in [-0.1, -0.05) is 0 Å². The molecule has 0 aromatic heterocycles. The third-order valence-electron chi connectivity index (χ3n) is 2.89. The lowest BCUT2D eigenvalue weighted by Crippen LogP contribution is -2.03. The second-order valence-corrected chi connectivity index (χ2v) is 4.19. The van der Waals surface area contributed by atoms with Gasteiger partial charge in [0.2, 0.25) is 0 Å². The normalized spacial score (nSPS) is 10.2. The monoisotopic (exact) mass is 292 g/mol. The summed E-state index contributed by atoms with van der Waals surface area (Å²) in [5.41, 5.74) is -0.597. The Kier molecular flexibility index (Phi) is 3.98. The van der Waals surface area contributed by atoms with Crippen LogP contribution in [0.3, 0.4) is 0 Å². The van der Waals surface area contributed by atoms with Crippen molar-refractivity contribution in [2.24, 2.45) is 0 Å². The van der Waals surface area contributed by atoms with Crippen LogP contribution in [-0.4, -0.2) is 24.2 Å². The van der Waals surface area contributed by atoms with Crippen molar-refractivity contribution in [2.75, 3.05) is 7.11 Å². The Hall–Kier alpha value is -2.76. The highest BCUT2D eigenvalue weighted by molar-refractivity contribution is 5.92. The summed E-state index contributed by atoms with van der Waals surface area (Å²) in [6.45, 7) is 0. The molecule has 2 rings (SSSR count). The van der Waals surface area contributed by atoms with E-state index >= 15 is 0 Å². The molecule has 6 heteroatoms. The highest BCUT2D eigenvalue weighted by Crippen LogP contribution is 2.28. The number of benzene rings is 2. The summed E-state index contributed by atoms with van der Waals surface area (Å²) >= 11 is 0. The molecule has 0 saturated heterocycles. The zero-order valence-electron chi connectivity index (χ0n) is 10.9. The fraction of sp³-hybridized carbons (Fsp3) is 0.0667. The Labute approximate surface area is 118 Å². The Morgan fingerprint density at radius 2 is 1.43 bits per heavy atom. The fourth-order valence-electron chi connectivity index (χ4n) is 1.84. The minimum Gasteiger partial charge on any atom is -0.478 e. The number of aromatic carboxylic acids is 1. The Morgan fingerprint density at radius 1 is 0.952 bits per heavy atom. The first-order valence-corrected chi connectivity index (χ1v) is 5.85. The molecule has 4 nitrogen and oxygen atoms in total. The van der Waals surface area contributed by atoms with Crippen molar-refractivity contribution in [3.63, 3.8) is 0 Å². The molecule has 0 aliphatic carbocycles. The molecule has 0 amide bonds. The molecule has 108 valence electrons. The van der Waals surface area contributed by atoms with E-state index in [-0.39, 0.29) is 22.3 Å². The van der Waals surface area contributed by atoms with Gasteiger partial charge in [-0.3, -0.25) is 0 Å². The number of esters is 1. The number of rotatable bonds is 3. The number of halogens is 2. The first-order valence-electron chi connectivity index (χ1n) is 5.85. The van der Waals surface area contributed by atoms with Crippen LogP contribution in [-0.2, 0) is 4.74 Å². The molecule has 21 heavy (non-hydrogen) atoms. The molecule has 0 aliphatic heterocycles. The molecule has 2 aromatic carbocycles. The van der Waals surface area contributed by atoms with E-state index in [9.17, 15) is 18.4 Å². The third-order valence-corrected chi connectivity index (χ3v) is 2.89. The van der Waals surface area contributed by atoms with Crippen LogP contribution in [0.2, 0.25) is 0 Å². The van der Waals surface area contributed by atoms with E-state index < -0.39 is 23.6 Å². The van der Waals surface area contributed by atoms with Gasteiger partial charge in [-0.2, -0.15) is 0 Å². The number of carbonyl (C=O) groups is 2. The minimum atomic E-state index is -1.26. The lowest BCUT2D eigenvalue weighted by Gasteiger charge is -2.08. The summed E-state index contributed by atoms with van der Waals surface area (Å²) in [5.74, 6) is -3.53. The molecule has 0 fully saturated rings. The van der Waals surface area contributed by atoms with Gasteiger partial charge < -0.3 is 9.84 Å². The predicted octanol–water partition coefficient (Wildman–Crippen LogP) is 3.12. The van der Waals surface area contributed by atoms with Crippen LogP contribution < -0.4 is 0 Å². The summed E-state index contributed by atoms with van der Waals surface area (Å²) in [6.07, 6.45) is 0. The van der Waals surface area contributed by atoms with Gasteiger partial charge in [0, 0.05) is 11.1 Å². The molecule has 0 heterocycles. The second kappa shape index (κ2) is 5.70. The lowest BCUT2D eigenvalue weighted by molar-refractivity contribution is 0.0599. The molecule has 0 bridgehead atoms. The van der Waals surface area contributed by atoms with Gasteiger partial charge in [-0.15, -0.1) is 0 Å². The maximum atomic E-state index is 13.9. The van der Waals surface area contributed by atoms with Crippen molar-refractivity contribution in [2.45, 2.75) is 0 Å². The van der Waals surface area contributed by atoms with Crippen molar-refractivity contribution < 1.29 is 28.2 Å². The molecule has 0 aliphatic rings. The molecule has 1 N–H and O–H groups in total. The summed E-state index contributed by atoms with van der Waals surface area (Å²) in [7, 11) is 1.16. The zero-order valence-corrected chi connectivity index (χ0v) is 10.9. The van der Waals surface area contributed by atoms with Crippen LogP contribution in [0.5, 0.6) is 0 Å². The van der Waals surface area contributed by atoms with Crippen molar-refractivity contribution in [1.29, 1.82) is 0 Å². The second-order valence-electron chi connectivity index (χ2n) is 4.19. The van der Waals surface area contributed by atoms with E-state index in [1.54, 1.807) is 0 Å². The molecule has 0 radical (unpaired) electrons. The van der Waals surface area contributed by atoms with Crippen molar-refractivity contribution in [3.8, 4) is 11.1 Å². The maximum absolute atomic E-state index is 13.9. The van der Waals surface area contributed by atoms with E-state index in [1.807, 2.05) is 0 Å². The van der Waals surface area contributed by atoms with Crippen molar-refractivity contribution in [1.82, 2.24) is 0 Å². The molecule has 0 saturated carbocycles. The highest BCUT2D eigenvalue weighted by atomic mass is 19.1. The average Bonchev–Trinajstić information content (AvgIpc) is 2.47. The third kappa shape index (κ3) is 2.89. The number of hydrogen-bond acceptors (Lipinski definition) is 3. The first kappa shape index (κ1) is 14.6. The predicted molar refractivity (Wildman–Crippen MR) is 70.1 cm³/mol. The van der Waals surface area contributed by atoms with Gasteiger partial charge in [0.25, 0.3) is 0 Å². The van der Waals surface area contributed by atoms with Crippen LogP contribution in [0.25, 0.3) is 11.1 Å². The SMILES string of the molecule is COC(=O)c1ccc(F)c(-c2cc(C(=O)O)ccc2F)c1. The molecular weight excluding hydrogens is 282 g/mol. The van der Waals surface area contributed by atoms with Gasteiger partial charge in [-0.25, -0.2) is 18.4 Å². The Bertz CT molecular complexity index is 726. The highest BCUT2D eigenvalue weighted by Gasteiger charge is 2.16. The van der Waals surface area contributed by atoms with Crippen LogP contribution in [0.1, 0.15) is 20.7 Å². The topological polar surface area (TPSA) is 63.6 Å². The van der Waals surface area contributed by atoms with Gasteiger partial charge in [0.1, 0.15) is 11.6 Å². The van der Waals surface area contributed by atoms with E-state index in [0.717, 1.165) is 37.4 Å². The van der Waals surface area contributed by atoms with Crippen molar-refractivity contribution >= 4 is 11.9 Å². The van der Waals surface area contributed by atoms with Crippen LogP contribution in [0.15, 0.2) is 36.4 Å². The minimum absolute atomic E-state index is 0.0361. The molecule has 0 unspecified atom stereocenters. The summed E-state index contributed by atoms with van der Waals surface area (Å²) in [5, 5.41) is 8.91. The van der Waals surface area contributed by atoms with Crippen molar-refractivity contribution in [3.05, 3.63) is 59.2 Å². The Morgan fingerprint density at radius 3 is 1.90 bits per heavy atom. The zero-order chi connectivity index (χ0) is 15.6. The lowest BCUT2D eigenvalue weighted by atomic mass is 9.99. The van der Waals surface area contributed by atoms with Gasteiger partial charge in [0.15, 0.2) is 0 Å². The number of carbonyl (C=O) groups excluding carboxylic acids is 1. The van der Waals surface area contributed by atoms with E-state index in [1.165, 1.54) is 6.07 Å². The molecule has 0 atom stereocenters. The fourth-order valence-corrected chi connectivity index (χ4v) is 1.84. The van der Waals surface area contributed by atoms with Crippen LogP contribution in [0, 0.1) is 11.6 Å². The summed E-state index contributed by atoms with van der Waals surface area (Å²) < 4.78 is 32.2. The standard InChI is InChI=1S/C15H10F2O4/c1-21-15(20)9-3-5-13(17)11(7-9)10-6-8(14(18)19)2-4-12(10)16/h2-7H,1H3,(H,18,19). The number of hydrogen-bond donors (Lipinski definition) is 1. The van der Waals surface area contributed by atoms with E-state index in [4.69, 9.17) is 5.11 Å². The van der Waals surface area contributed by atoms with Gasteiger partial charge >= 0.3 is 11.9 Å². The van der Waals surface area contributed by atoms with Crippen LogP contribution in [0.4, 0.5) is 8.78 Å². The number of methoxy groups -OCH3 is 1. The van der Waals surface area contributed by atoms with Gasteiger partial charge in [-0.05, 0) is 36.4 Å². The average molecular weight is 292 g/mol. The quantitative estimate of drug-likeness (QED) is 0.883. The van der Waals surface area contributed by atoms with Crippen LogP contribution >= 0.6 is 0 Å². The van der Waals surface area contributed by atoms with E-state index in [0.29, 0.717) is 0 Å². The largest absolute Gasteiger partial charge is 0.478 e.